The lowest BCUT2D eigenvalue weighted by Gasteiger charge is -2.18. The minimum atomic E-state index is 0.101. The minimum absolute atomic E-state index is 0.101. The van der Waals surface area contributed by atoms with Crippen LogP contribution >= 0.6 is 0 Å². The summed E-state index contributed by atoms with van der Waals surface area (Å²) in [4.78, 5) is 7.79. The first-order valence-electron chi connectivity index (χ1n) is 4.39. The molecule has 6 nitrogen and oxygen atoms in total. The van der Waals surface area contributed by atoms with Gasteiger partial charge in [-0.25, -0.2) is 0 Å². The molecule has 2 rings (SSSR count). The number of hydrogen-bond donors (Lipinski definition) is 4. The summed E-state index contributed by atoms with van der Waals surface area (Å²) in [5, 5.41) is 12.5. The zero-order valence-corrected chi connectivity index (χ0v) is 8.15. The van der Waals surface area contributed by atoms with E-state index in [0.717, 1.165) is 0 Å². The number of nitrogens with two attached hydrogens (primary N) is 2. The monoisotopic (exact) mass is 205 g/mol. The van der Waals surface area contributed by atoms with Gasteiger partial charge in [-0.05, 0) is 13.0 Å². The van der Waals surface area contributed by atoms with E-state index in [-0.39, 0.29) is 17.5 Å². The Balaban J connectivity index is 2.62. The van der Waals surface area contributed by atoms with Crippen molar-refractivity contribution in [1.82, 2.24) is 9.97 Å². The van der Waals surface area contributed by atoms with E-state index in [0.29, 0.717) is 17.1 Å². The van der Waals surface area contributed by atoms with Crippen molar-refractivity contribution in [2.24, 2.45) is 0 Å². The number of nitrogens with zero attached hydrogens (tertiary/aromatic N) is 2. The molecule has 6 N–H and O–H groups in total. The molecule has 1 aromatic rings. The van der Waals surface area contributed by atoms with Gasteiger partial charge >= 0.3 is 0 Å². The third-order valence-electron chi connectivity index (χ3n) is 2.09. The summed E-state index contributed by atoms with van der Waals surface area (Å²) in [6.45, 7) is 1.80. The second kappa shape index (κ2) is 3.16. The molecule has 0 saturated heterocycles. The highest BCUT2D eigenvalue weighted by atomic mass is 16.3. The molecule has 0 amide bonds. The van der Waals surface area contributed by atoms with Crippen LogP contribution in [-0.2, 0) is 0 Å². The largest absolute Gasteiger partial charge is 0.506 e. The second-order valence-electron chi connectivity index (χ2n) is 3.09. The van der Waals surface area contributed by atoms with Crippen molar-refractivity contribution >= 4 is 23.7 Å². The van der Waals surface area contributed by atoms with Gasteiger partial charge in [0.25, 0.3) is 0 Å². The smallest absolute Gasteiger partial charge is 0.223 e. The molecule has 1 aromatic heterocycles. The number of hydrogen-bond acceptors (Lipinski definition) is 6. The fraction of sp³-hybridized carbons (Fsp3) is 0.111. The maximum Gasteiger partial charge on any atom is 0.223 e. The summed E-state index contributed by atoms with van der Waals surface area (Å²) in [6, 6.07) is 0. The summed E-state index contributed by atoms with van der Waals surface area (Å²) in [6.07, 6.45) is 3.24. The summed E-state index contributed by atoms with van der Waals surface area (Å²) < 4.78 is 0. The number of fused-ring (bicyclic) bond motifs is 1. The van der Waals surface area contributed by atoms with E-state index < -0.39 is 0 Å². The van der Waals surface area contributed by atoms with E-state index >= 15 is 0 Å². The second-order valence-corrected chi connectivity index (χ2v) is 3.09. The van der Waals surface area contributed by atoms with Crippen LogP contribution < -0.4 is 16.8 Å². The molecular weight excluding hydrogens is 194 g/mol. The van der Waals surface area contributed by atoms with Gasteiger partial charge in [0, 0.05) is 0 Å². The molecule has 78 valence electrons. The molecule has 1 aliphatic heterocycles. The van der Waals surface area contributed by atoms with Gasteiger partial charge in [-0.2, -0.15) is 9.97 Å². The number of nitrogen functional groups attached to an aromatic ring is 2. The van der Waals surface area contributed by atoms with E-state index in [4.69, 9.17) is 11.5 Å². The van der Waals surface area contributed by atoms with E-state index in [1.54, 1.807) is 13.0 Å². The molecule has 15 heavy (non-hydrogen) atoms. The van der Waals surface area contributed by atoms with Gasteiger partial charge in [0.05, 0.1) is 11.3 Å². The number of aromatic nitrogens is 2. The summed E-state index contributed by atoms with van der Waals surface area (Å²) in [5.41, 5.74) is 12.2. The van der Waals surface area contributed by atoms with Crippen molar-refractivity contribution in [3.63, 3.8) is 0 Å². The number of rotatable bonds is 0. The van der Waals surface area contributed by atoms with E-state index in [1.807, 2.05) is 0 Å². The molecule has 0 atom stereocenters. The molecule has 0 spiro atoms. The van der Waals surface area contributed by atoms with E-state index in [2.05, 4.69) is 15.3 Å². The van der Waals surface area contributed by atoms with Gasteiger partial charge in [0.1, 0.15) is 17.4 Å². The van der Waals surface area contributed by atoms with Crippen LogP contribution in [0, 0.1) is 0 Å². The molecule has 0 saturated carbocycles. The van der Waals surface area contributed by atoms with Crippen molar-refractivity contribution in [2.75, 3.05) is 16.8 Å². The first-order valence-corrected chi connectivity index (χ1v) is 4.39. The van der Waals surface area contributed by atoms with Crippen molar-refractivity contribution in [2.45, 2.75) is 6.92 Å². The van der Waals surface area contributed by atoms with E-state index in [9.17, 15) is 5.11 Å². The van der Waals surface area contributed by atoms with Crippen LogP contribution in [0.4, 0.5) is 17.6 Å². The fourth-order valence-corrected chi connectivity index (χ4v) is 1.37. The lowest BCUT2D eigenvalue weighted by Crippen LogP contribution is -2.14. The minimum Gasteiger partial charge on any atom is -0.506 e. The van der Waals surface area contributed by atoms with Crippen molar-refractivity contribution in [3.8, 4) is 0 Å². The summed E-state index contributed by atoms with van der Waals surface area (Å²) in [5.74, 6) is 0.951. The first-order chi connectivity index (χ1) is 7.11. The molecular formula is C9H11N5O. The van der Waals surface area contributed by atoms with Crippen LogP contribution in [0.25, 0.3) is 6.08 Å². The third-order valence-corrected chi connectivity index (χ3v) is 2.09. The number of anilines is 3. The highest BCUT2D eigenvalue weighted by Gasteiger charge is 2.18. The zero-order valence-electron chi connectivity index (χ0n) is 8.15. The van der Waals surface area contributed by atoms with Crippen LogP contribution in [-0.4, -0.2) is 15.1 Å². The Hall–Kier alpha value is -2.24. The molecule has 0 unspecified atom stereocenters. The Labute approximate surface area is 86.3 Å². The lowest BCUT2D eigenvalue weighted by molar-refractivity contribution is 0.428. The Morgan fingerprint density at radius 3 is 2.80 bits per heavy atom. The Kier molecular flexibility index (Phi) is 1.96. The number of aliphatic hydroxyl groups excluding tert-OH is 1. The highest BCUT2D eigenvalue weighted by molar-refractivity contribution is 5.80. The highest BCUT2D eigenvalue weighted by Crippen LogP contribution is 2.29. The van der Waals surface area contributed by atoms with Crippen LogP contribution in [0.1, 0.15) is 12.5 Å². The van der Waals surface area contributed by atoms with E-state index in [1.165, 1.54) is 6.08 Å². The average molecular weight is 205 g/mol. The topological polar surface area (TPSA) is 110 Å². The van der Waals surface area contributed by atoms with Gasteiger partial charge in [0.2, 0.25) is 5.95 Å². The number of aliphatic hydroxyl groups is 1. The van der Waals surface area contributed by atoms with Gasteiger partial charge < -0.3 is 21.9 Å². The standard InChI is InChI=1S/C9H11N5O/c1-2-5-6(15)3-4-7(10)13-9(11)14-8(4)12-5/h2-3,15H,1H3,(H5,10,11,12,13,14)/b5-2+. The van der Waals surface area contributed by atoms with Crippen LogP contribution in [0.2, 0.25) is 0 Å². The first kappa shape index (κ1) is 9.32. The van der Waals surface area contributed by atoms with Gasteiger partial charge in [0.15, 0.2) is 0 Å². The van der Waals surface area contributed by atoms with Crippen molar-refractivity contribution in [3.05, 3.63) is 23.1 Å². The molecule has 6 heteroatoms. The maximum absolute atomic E-state index is 9.60. The molecule has 1 aliphatic rings. The zero-order chi connectivity index (χ0) is 11.0. The predicted molar refractivity (Wildman–Crippen MR) is 58.8 cm³/mol. The molecule has 0 fully saturated rings. The normalized spacial score (nSPS) is 16.9. The van der Waals surface area contributed by atoms with Crippen LogP contribution in [0.15, 0.2) is 17.5 Å². The fourth-order valence-electron chi connectivity index (χ4n) is 1.37. The molecule has 0 bridgehead atoms. The third kappa shape index (κ3) is 1.45. The summed E-state index contributed by atoms with van der Waals surface area (Å²) in [7, 11) is 0. The predicted octanol–water partition coefficient (Wildman–Crippen LogP) is 0.869. The number of nitrogens with one attached hydrogen (secondary N) is 1. The molecule has 2 heterocycles. The lowest BCUT2D eigenvalue weighted by atomic mass is 10.1. The Morgan fingerprint density at radius 2 is 2.13 bits per heavy atom. The van der Waals surface area contributed by atoms with Crippen LogP contribution in [0.5, 0.6) is 0 Å². The van der Waals surface area contributed by atoms with Crippen molar-refractivity contribution in [1.29, 1.82) is 0 Å². The summed E-state index contributed by atoms with van der Waals surface area (Å²) >= 11 is 0. The van der Waals surface area contributed by atoms with Gasteiger partial charge in [-0.1, -0.05) is 6.08 Å². The Bertz CT molecular complexity index is 478. The molecule has 0 aromatic carbocycles. The quantitative estimate of drug-likeness (QED) is 0.500. The van der Waals surface area contributed by atoms with Crippen molar-refractivity contribution < 1.29 is 5.11 Å². The Morgan fingerprint density at radius 1 is 1.40 bits per heavy atom. The van der Waals surface area contributed by atoms with Gasteiger partial charge in [-0.3, -0.25) is 0 Å². The van der Waals surface area contributed by atoms with Crippen LogP contribution in [0.3, 0.4) is 0 Å². The maximum atomic E-state index is 9.60. The molecule has 0 aliphatic carbocycles. The molecule has 0 radical (unpaired) electrons. The number of allylic oxidation sites excluding steroid dienone is 1. The SMILES string of the molecule is C/C=C1/Nc2nc(N)nc(N)c2C=C1O. The average Bonchev–Trinajstić information content (AvgIpc) is 2.18. The van der Waals surface area contributed by atoms with Gasteiger partial charge in [-0.15, -0.1) is 0 Å².